The molecule has 0 atom stereocenters. The minimum atomic E-state index is 1.09. The van der Waals surface area contributed by atoms with Crippen LogP contribution in [0.4, 0.5) is 0 Å². The van der Waals surface area contributed by atoms with E-state index in [9.17, 15) is 0 Å². The molecule has 0 fully saturated rings. The zero-order chi connectivity index (χ0) is 12.1. The molecule has 0 aromatic heterocycles. The Morgan fingerprint density at radius 1 is 0.941 bits per heavy atom. The highest BCUT2D eigenvalue weighted by molar-refractivity contribution is 14.1. The highest BCUT2D eigenvalue weighted by Crippen LogP contribution is 2.19. The fourth-order valence-corrected chi connectivity index (χ4v) is 2.97. The van der Waals surface area contributed by atoms with Crippen LogP contribution in [-0.2, 0) is 11.5 Å². The van der Waals surface area contributed by atoms with Crippen molar-refractivity contribution >= 4 is 34.4 Å². The van der Waals surface area contributed by atoms with Crippen LogP contribution >= 0.6 is 34.4 Å². The average Bonchev–Trinajstić information content (AvgIpc) is 2.32. The Morgan fingerprint density at radius 2 is 1.65 bits per heavy atom. The molecule has 0 spiro atoms. The van der Waals surface area contributed by atoms with Crippen molar-refractivity contribution in [2.75, 3.05) is 0 Å². The van der Waals surface area contributed by atoms with Crippen LogP contribution in [0.25, 0.3) is 0 Å². The van der Waals surface area contributed by atoms with Crippen LogP contribution in [0.1, 0.15) is 16.7 Å². The Balaban J connectivity index is 1.85. The number of hydrogen-bond acceptors (Lipinski definition) is 1. The molecule has 2 aromatic rings. The first kappa shape index (κ1) is 13.0. The zero-order valence-corrected chi connectivity index (χ0v) is 12.8. The van der Waals surface area contributed by atoms with Crippen molar-refractivity contribution in [1.29, 1.82) is 0 Å². The molecular weight excluding hydrogens is 339 g/mol. The van der Waals surface area contributed by atoms with Gasteiger partial charge in [-0.2, -0.15) is 11.8 Å². The maximum atomic E-state index is 2.34. The largest absolute Gasteiger partial charge is 0.152 e. The van der Waals surface area contributed by atoms with Crippen molar-refractivity contribution in [3.8, 4) is 0 Å². The normalized spacial score (nSPS) is 10.5. The third-order valence-electron chi connectivity index (χ3n) is 2.53. The van der Waals surface area contributed by atoms with E-state index in [1.807, 2.05) is 11.8 Å². The van der Waals surface area contributed by atoms with Crippen molar-refractivity contribution < 1.29 is 0 Å². The third kappa shape index (κ3) is 4.36. The van der Waals surface area contributed by atoms with Crippen molar-refractivity contribution in [2.24, 2.45) is 0 Å². The lowest BCUT2D eigenvalue weighted by molar-refractivity contribution is 1.33. The van der Waals surface area contributed by atoms with E-state index in [4.69, 9.17) is 0 Å². The Kier molecular flexibility index (Phi) is 4.92. The van der Waals surface area contributed by atoms with Crippen LogP contribution in [0, 0.1) is 10.5 Å². The molecule has 0 saturated carbocycles. The molecule has 0 aliphatic heterocycles. The summed E-state index contributed by atoms with van der Waals surface area (Å²) in [5, 5.41) is 0. The lowest BCUT2D eigenvalue weighted by Crippen LogP contribution is -1.84. The molecule has 2 heteroatoms. The van der Waals surface area contributed by atoms with Crippen molar-refractivity contribution in [2.45, 2.75) is 18.4 Å². The molecule has 0 aliphatic rings. The third-order valence-corrected chi connectivity index (χ3v) is 4.33. The Labute approximate surface area is 121 Å². The van der Waals surface area contributed by atoms with Crippen LogP contribution in [-0.4, -0.2) is 0 Å². The van der Waals surface area contributed by atoms with Gasteiger partial charge < -0.3 is 0 Å². The summed E-state index contributed by atoms with van der Waals surface area (Å²) in [5.41, 5.74) is 4.17. The monoisotopic (exact) mass is 354 g/mol. The van der Waals surface area contributed by atoms with Crippen molar-refractivity contribution in [3.05, 3.63) is 68.8 Å². The first-order valence-corrected chi connectivity index (χ1v) is 7.85. The fourth-order valence-electron chi connectivity index (χ4n) is 1.67. The average molecular weight is 354 g/mol. The highest BCUT2D eigenvalue weighted by Gasteiger charge is 1.96. The van der Waals surface area contributed by atoms with Gasteiger partial charge in [-0.3, -0.25) is 0 Å². The van der Waals surface area contributed by atoms with E-state index < -0.39 is 0 Å². The number of hydrogen-bond donors (Lipinski definition) is 0. The quantitative estimate of drug-likeness (QED) is 0.694. The number of aryl methyl sites for hydroxylation is 1. The predicted molar refractivity (Wildman–Crippen MR) is 85.3 cm³/mol. The summed E-state index contributed by atoms with van der Waals surface area (Å²) in [6.45, 7) is 2.15. The molecule has 88 valence electrons. The van der Waals surface area contributed by atoms with Gasteiger partial charge in [0.15, 0.2) is 0 Å². The molecule has 0 heterocycles. The molecule has 0 bridgehead atoms. The van der Waals surface area contributed by atoms with Gasteiger partial charge in [0.1, 0.15) is 0 Å². The second kappa shape index (κ2) is 6.45. The minimum Gasteiger partial charge on any atom is -0.152 e. The topological polar surface area (TPSA) is 0 Å². The van der Waals surface area contributed by atoms with Crippen LogP contribution in [0.15, 0.2) is 48.5 Å². The smallest absolute Gasteiger partial charge is 0.0188 e. The van der Waals surface area contributed by atoms with Gasteiger partial charge in [-0.1, -0.05) is 42.0 Å². The van der Waals surface area contributed by atoms with Gasteiger partial charge in [-0.05, 0) is 52.8 Å². The Hall–Kier alpha value is -0.480. The van der Waals surface area contributed by atoms with E-state index in [1.165, 1.54) is 20.3 Å². The molecule has 0 N–H and O–H groups in total. The first-order chi connectivity index (χ1) is 8.24. The minimum absolute atomic E-state index is 1.09. The molecule has 0 nitrogen and oxygen atoms in total. The van der Waals surface area contributed by atoms with Gasteiger partial charge in [0.05, 0.1) is 0 Å². The van der Waals surface area contributed by atoms with Crippen LogP contribution < -0.4 is 0 Å². The van der Waals surface area contributed by atoms with Gasteiger partial charge in [0.2, 0.25) is 0 Å². The van der Waals surface area contributed by atoms with Crippen molar-refractivity contribution in [3.63, 3.8) is 0 Å². The molecule has 0 unspecified atom stereocenters. The van der Waals surface area contributed by atoms with E-state index >= 15 is 0 Å². The molecule has 2 rings (SSSR count). The van der Waals surface area contributed by atoms with Crippen LogP contribution in [0.3, 0.4) is 0 Å². The number of halogens is 1. The first-order valence-electron chi connectivity index (χ1n) is 5.62. The number of thioether (sulfide) groups is 1. The van der Waals surface area contributed by atoms with Crippen molar-refractivity contribution in [1.82, 2.24) is 0 Å². The summed E-state index contributed by atoms with van der Waals surface area (Å²) in [6, 6.07) is 17.5. The van der Waals surface area contributed by atoms with Gasteiger partial charge >= 0.3 is 0 Å². The van der Waals surface area contributed by atoms with E-state index in [0.29, 0.717) is 0 Å². The highest BCUT2D eigenvalue weighted by atomic mass is 127. The maximum absolute atomic E-state index is 2.34. The molecule has 17 heavy (non-hydrogen) atoms. The molecule has 0 saturated heterocycles. The maximum Gasteiger partial charge on any atom is 0.0188 e. The van der Waals surface area contributed by atoms with Crippen LogP contribution in [0.5, 0.6) is 0 Å². The van der Waals surface area contributed by atoms with E-state index in [2.05, 4.69) is 78.0 Å². The fraction of sp³-hybridized carbons (Fsp3) is 0.200. The number of rotatable bonds is 4. The van der Waals surface area contributed by atoms with E-state index in [1.54, 1.807) is 0 Å². The molecular formula is C15H15IS. The Morgan fingerprint density at radius 3 is 2.35 bits per heavy atom. The SMILES string of the molecule is Cc1cccc(CSCc2ccc(I)cc2)c1. The summed E-state index contributed by atoms with van der Waals surface area (Å²) in [6.07, 6.45) is 0. The molecule has 0 amide bonds. The summed E-state index contributed by atoms with van der Waals surface area (Å²) < 4.78 is 1.30. The van der Waals surface area contributed by atoms with Crippen LogP contribution in [0.2, 0.25) is 0 Å². The summed E-state index contributed by atoms with van der Waals surface area (Å²) in [4.78, 5) is 0. The van der Waals surface area contributed by atoms with E-state index in [-0.39, 0.29) is 0 Å². The van der Waals surface area contributed by atoms with E-state index in [0.717, 1.165) is 11.5 Å². The lowest BCUT2D eigenvalue weighted by atomic mass is 10.2. The lowest BCUT2D eigenvalue weighted by Gasteiger charge is -2.03. The molecule has 2 aromatic carbocycles. The van der Waals surface area contributed by atoms with Gasteiger partial charge in [0.25, 0.3) is 0 Å². The van der Waals surface area contributed by atoms with Gasteiger partial charge in [-0.15, -0.1) is 0 Å². The number of benzene rings is 2. The predicted octanol–water partition coefficient (Wildman–Crippen LogP) is 5.03. The Bertz CT molecular complexity index is 477. The summed E-state index contributed by atoms with van der Waals surface area (Å²) in [7, 11) is 0. The standard InChI is InChI=1S/C15H15IS/c1-12-3-2-4-14(9-12)11-17-10-13-5-7-15(16)8-6-13/h2-9H,10-11H2,1H3. The second-order valence-corrected chi connectivity index (χ2v) is 6.34. The molecule has 0 radical (unpaired) electrons. The zero-order valence-electron chi connectivity index (χ0n) is 9.82. The summed E-state index contributed by atoms with van der Waals surface area (Å²) >= 11 is 4.31. The molecule has 0 aliphatic carbocycles. The van der Waals surface area contributed by atoms with Gasteiger partial charge in [-0.25, -0.2) is 0 Å². The summed E-state index contributed by atoms with van der Waals surface area (Å²) in [5.74, 6) is 2.18. The van der Waals surface area contributed by atoms with Gasteiger partial charge in [0, 0.05) is 15.1 Å². The second-order valence-electron chi connectivity index (χ2n) is 4.11.